The Morgan fingerprint density at radius 2 is 1.91 bits per heavy atom. The van der Waals surface area contributed by atoms with E-state index in [1.807, 2.05) is 13.0 Å². The summed E-state index contributed by atoms with van der Waals surface area (Å²) in [4.78, 5) is 47.5. The molecular formula is C24H30O9. The van der Waals surface area contributed by atoms with Crippen molar-refractivity contribution in [3.8, 4) is 0 Å². The van der Waals surface area contributed by atoms with E-state index >= 15 is 0 Å². The minimum atomic E-state index is -0.810. The molecule has 1 heterocycles. The normalized spacial score (nSPS) is 28.9. The fourth-order valence-corrected chi connectivity index (χ4v) is 3.71. The molecule has 1 N–H and O–H groups in total. The van der Waals surface area contributed by atoms with Crippen LogP contribution < -0.4 is 0 Å². The van der Waals surface area contributed by atoms with Gasteiger partial charge in [0.15, 0.2) is 0 Å². The molecule has 0 bridgehead atoms. The summed E-state index contributed by atoms with van der Waals surface area (Å²) in [7, 11) is 0. The molecule has 1 saturated heterocycles. The van der Waals surface area contributed by atoms with Gasteiger partial charge in [0.2, 0.25) is 0 Å². The lowest BCUT2D eigenvalue weighted by Gasteiger charge is -2.28. The first-order chi connectivity index (χ1) is 15.5. The second kappa shape index (κ2) is 11.6. The van der Waals surface area contributed by atoms with Crippen molar-refractivity contribution in [2.45, 2.75) is 58.8 Å². The topological polar surface area (TPSA) is 125 Å². The Morgan fingerprint density at radius 1 is 1.21 bits per heavy atom. The lowest BCUT2D eigenvalue weighted by atomic mass is 9.85. The standard InChI is InChI=1S/C24H30O9/c1-13-6-7-19(31-17(5)27)14(2)11-21-22(15(3)23(28)32-21)20(10-13)33-24(29)18(12-25)8-9-30-16(4)26/h6,8,11,19-22,25H,3,7,9-10,12H2,1-2,4-5H3/b13-6+,14-11-,18-8-/t19-,20+,21+,22+/m0/s1. The highest BCUT2D eigenvalue weighted by atomic mass is 16.6. The summed E-state index contributed by atoms with van der Waals surface area (Å²) in [6.45, 7) is 9.19. The number of esters is 4. The van der Waals surface area contributed by atoms with Crippen LogP contribution in [0.1, 0.15) is 40.5 Å². The van der Waals surface area contributed by atoms with Crippen LogP contribution >= 0.6 is 0 Å². The maximum atomic E-state index is 12.8. The molecule has 9 nitrogen and oxygen atoms in total. The van der Waals surface area contributed by atoms with Crippen molar-refractivity contribution in [3.63, 3.8) is 0 Å². The number of hydrogen-bond acceptors (Lipinski definition) is 9. The smallest absolute Gasteiger partial charge is 0.336 e. The summed E-state index contributed by atoms with van der Waals surface area (Å²) in [5.74, 6) is -3.04. The lowest BCUT2D eigenvalue weighted by molar-refractivity contribution is -0.148. The highest BCUT2D eigenvalue weighted by molar-refractivity contribution is 5.92. The van der Waals surface area contributed by atoms with Crippen molar-refractivity contribution >= 4 is 23.9 Å². The number of aliphatic hydroxyl groups excluding tert-OH is 1. The second-order valence-electron chi connectivity index (χ2n) is 8.05. The van der Waals surface area contributed by atoms with E-state index in [1.54, 1.807) is 13.0 Å². The van der Waals surface area contributed by atoms with Gasteiger partial charge in [-0.05, 0) is 31.6 Å². The maximum absolute atomic E-state index is 12.8. The van der Waals surface area contributed by atoms with E-state index in [-0.39, 0.29) is 24.2 Å². The van der Waals surface area contributed by atoms with Gasteiger partial charge >= 0.3 is 23.9 Å². The third-order valence-electron chi connectivity index (χ3n) is 5.42. The van der Waals surface area contributed by atoms with E-state index in [4.69, 9.17) is 18.9 Å². The van der Waals surface area contributed by atoms with E-state index in [0.29, 0.717) is 12.0 Å². The Bertz CT molecular complexity index is 909. The Balaban J connectivity index is 2.36. The average Bonchev–Trinajstić information content (AvgIpc) is 2.99. The van der Waals surface area contributed by atoms with Gasteiger partial charge in [0.25, 0.3) is 0 Å². The molecule has 180 valence electrons. The summed E-state index contributed by atoms with van der Waals surface area (Å²) in [6.07, 6.45) is 3.42. The number of fused-ring (bicyclic) bond motifs is 1. The molecule has 1 aliphatic heterocycles. The Labute approximate surface area is 192 Å². The highest BCUT2D eigenvalue weighted by Gasteiger charge is 2.45. The van der Waals surface area contributed by atoms with Gasteiger partial charge in [0.1, 0.15) is 24.9 Å². The Kier molecular flexibility index (Phi) is 9.16. The van der Waals surface area contributed by atoms with Crippen LogP contribution in [-0.4, -0.2) is 60.5 Å². The highest BCUT2D eigenvalue weighted by Crippen LogP contribution is 2.36. The van der Waals surface area contributed by atoms with Crippen LogP contribution in [0.3, 0.4) is 0 Å². The molecule has 0 saturated carbocycles. The molecule has 0 amide bonds. The molecule has 33 heavy (non-hydrogen) atoms. The SMILES string of the molecule is C=C1C(=O)O[C@@H]2/C=C(/C)[C@@H](OC(C)=O)C/C=C(\C)C[C@@H](OC(=O)/C(=C\COC(C)=O)CO)[C@@H]12. The van der Waals surface area contributed by atoms with Gasteiger partial charge in [-0.1, -0.05) is 18.2 Å². The minimum absolute atomic E-state index is 0.0796. The Hall–Kier alpha value is -3.20. The van der Waals surface area contributed by atoms with Crippen molar-refractivity contribution in [2.75, 3.05) is 13.2 Å². The third-order valence-corrected chi connectivity index (χ3v) is 5.42. The van der Waals surface area contributed by atoms with Crippen LogP contribution in [0.25, 0.3) is 0 Å². The van der Waals surface area contributed by atoms with Crippen molar-refractivity contribution in [2.24, 2.45) is 5.92 Å². The Morgan fingerprint density at radius 3 is 2.52 bits per heavy atom. The maximum Gasteiger partial charge on any atom is 0.336 e. The molecule has 0 aromatic carbocycles. The van der Waals surface area contributed by atoms with Crippen LogP contribution in [0.4, 0.5) is 0 Å². The first-order valence-corrected chi connectivity index (χ1v) is 10.6. The second-order valence-corrected chi connectivity index (χ2v) is 8.05. The zero-order valence-corrected chi connectivity index (χ0v) is 19.3. The zero-order chi connectivity index (χ0) is 24.7. The van der Waals surface area contributed by atoms with Gasteiger partial charge in [0, 0.05) is 32.3 Å². The van der Waals surface area contributed by atoms with Gasteiger partial charge in [-0.3, -0.25) is 9.59 Å². The van der Waals surface area contributed by atoms with Crippen molar-refractivity contribution < 1.29 is 43.2 Å². The molecular weight excluding hydrogens is 432 g/mol. The van der Waals surface area contributed by atoms with Crippen molar-refractivity contribution in [1.82, 2.24) is 0 Å². The van der Waals surface area contributed by atoms with E-state index in [9.17, 15) is 24.3 Å². The molecule has 0 aromatic rings. The zero-order valence-electron chi connectivity index (χ0n) is 19.3. The van der Waals surface area contributed by atoms with Crippen LogP contribution in [0, 0.1) is 5.92 Å². The molecule has 1 aliphatic carbocycles. The molecule has 0 aromatic heterocycles. The van der Waals surface area contributed by atoms with Gasteiger partial charge in [-0.25, -0.2) is 9.59 Å². The van der Waals surface area contributed by atoms with Crippen LogP contribution in [0.15, 0.2) is 47.1 Å². The minimum Gasteiger partial charge on any atom is -0.462 e. The van der Waals surface area contributed by atoms with Crippen LogP contribution in [0.2, 0.25) is 0 Å². The number of carbonyl (C=O) groups is 4. The number of carbonyl (C=O) groups excluding carboxylic acids is 4. The lowest BCUT2D eigenvalue weighted by Crippen LogP contribution is -2.34. The summed E-state index contributed by atoms with van der Waals surface area (Å²) in [5, 5.41) is 9.57. The van der Waals surface area contributed by atoms with E-state index in [1.165, 1.54) is 19.9 Å². The first kappa shape index (κ1) is 26.1. The van der Waals surface area contributed by atoms with Crippen LogP contribution in [0.5, 0.6) is 0 Å². The molecule has 2 aliphatic rings. The van der Waals surface area contributed by atoms with Gasteiger partial charge in [-0.15, -0.1) is 0 Å². The van der Waals surface area contributed by atoms with Crippen molar-refractivity contribution in [3.05, 3.63) is 47.1 Å². The number of ether oxygens (including phenoxy) is 4. The average molecular weight is 462 g/mol. The first-order valence-electron chi connectivity index (χ1n) is 10.6. The molecule has 2 rings (SSSR count). The van der Waals surface area contributed by atoms with Gasteiger partial charge < -0.3 is 24.1 Å². The van der Waals surface area contributed by atoms with E-state index in [2.05, 4.69) is 6.58 Å². The van der Waals surface area contributed by atoms with E-state index in [0.717, 1.165) is 5.57 Å². The summed E-state index contributed by atoms with van der Waals surface area (Å²) in [5.41, 5.74) is 1.62. The fourth-order valence-electron chi connectivity index (χ4n) is 3.71. The summed E-state index contributed by atoms with van der Waals surface area (Å²) >= 11 is 0. The quantitative estimate of drug-likeness (QED) is 0.273. The number of aliphatic hydroxyl groups is 1. The molecule has 0 radical (unpaired) electrons. The number of hydrogen-bond donors (Lipinski definition) is 1. The summed E-state index contributed by atoms with van der Waals surface area (Å²) in [6, 6.07) is 0. The van der Waals surface area contributed by atoms with Gasteiger partial charge in [0.05, 0.1) is 18.1 Å². The largest absolute Gasteiger partial charge is 0.462 e. The number of rotatable bonds is 6. The van der Waals surface area contributed by atoms with Crippen LogP contribution in [-0.2, 0) is 38.1 Å². The predicted molar refractivity (Wildman–Crippen MR) is 116 cm³/mol. The van der Waals surface area contributed by atoms with E-state index < -0.39 is 54.7 Å². The summed E-state index contributed by atoms with van der Waals surface area (Å²) < 4.78 is 21.4. The molecule has 9 heteroatoms. The van der Waals surface area contributed by atoms with Gasteiger partial charge in [-0.2, -0.15) is 0 Å². The monoisotopic (exact) mass is 462 g/mol. The third kappa shape index (κ3) is 7.15. The molecule has 1 fully saturated rings. The molecule has 0 unspecified atom stereocenters. The predicted octanol–water partition coefficient (Wildman–Crippen LogP) is 2.10. The molecule has 4 atom stereocenters. The van der Waals surface area contributed by atoms with Crippen molar-refractivity contribution in [1.29, 1.82) is 0 Å². The fraction of sp³-hybridized carbons (Fsp3) is 0.500. The molecule has 0 spiro atoms.